The Hall–Kier alpha value is -3.21. The quantitative estimate of drug-likeness (QED) is 0.316. The van der Waals surface area contributed by atoms with Crippen LogP contribution in [0.4, 0.5) is 4.39 Å². The van der Waals surface area contributed by atoms with Crippen molar-refractivity contribution in [1.82, 2.24) is 19.1 Å². The number of thioether (sulfide) groups is 1. The van der Waals surface area contributed by atoms with Crippen LogP contribution in [0.5, 0.6) is 5.75 Å². The number of para-hydroxylation sites is 2. The van der Waals surface area contributed by atoms with E-state index in [1.54, 1.807) is 36.4 Å². The van der Waals surface area contributed by atoms with E-state index in [2.05, 4.69) is 10.2 Å². The van der Waals surface area contributed by atoms with Crippen LogP contribution in [0.1, 0.15) is 11.4 Å². The van der Waals surface area contributed by atoms with Crippen LogP contribution in [-0.4, -0.2) is 41.6 Å². The van der Waals surface area contributed by atoms with Crippen LogP contribution < -0.4 is 4.74 Å². The molecule has 0 radical (unpaired) electrons. The normalized spacial score (nSPS) is 11.6. The lowest BCUT2D eigenvalue weighted by atomic mass is 10.2. The van der Waals surface area contributed by atoms with E-state index in [4.69, 9.17) is 4.74 Å². The van der Waals surface area contributed by atoms with E-state index in [1.807, 2.05) is 41.0 Å². The molecule has 0 amide bonds. The number of ether oxygens (including phenoxy) is 1. The minimum Gasteiger partial charge on any atom is -0.483 e. The third kappa shape index (κ3) is 5.30. The van der Waals surface area contributed by atoms with Crippen LogP contribution in [0.2, 0.25) is 0 Å². The molecule has 0 saturated carbocycles. The molecule has 1 aromatic heterocycles. The Bertz CT molecular complexity index is 1380. The van der Waals surface area contributed by atoms with Gasteiger partial charge in [0.15, 0.2) is 22.5 Å². The zero-order chi connectivity index (χ0) is 24.1. The van der Waals surface area contributed by atoms with Gasteiger partial charge in [-0.25, -0.2) is 17.1 Å². The maximum absolute atomic E-state index is 14.0. The van der Waals surface area contributed by atoms with E-state index >= 15 is 0 Å². The molecule has 1 heterocycles. The van der Waals surface area contributed by atoms with Gasteiger partial charge in [-0.2, -0.15) is 0 Å². The van der Waals surface area contributed by atoms with Crippen molar-refractivity contribution in [2.24, 2.45) is 0 Å². The molecule has 4 aromatic rings. The fourth-order valence-corrected chi connectivity index (χ4v) is 5.07. The predicted octanol–water partition coefficient (Wildman–Crippen LogP) is 4.53. The predicted molar refractivity (Wildman–Crippen MR) is 129 cm³/mol. The van der Waals surface area contributed by atoms with Crippen LogP contribution in [0.25, 0.3) is 5.69 Å². The number of benzene rings is 3. The Balaban J connectivity index is 1.58. The third-order valence-electron chi connectivity index (χ3n) is 4.95. The number of nitrogens with zero attached hydrogens (tertiary/aromatic N) is 4. The lowest BCUT2D eigenvalue weighted by molar-refractivity contribution is 0.278. The molecule has 0 N–H and O–H groups in total. The van der Waals surface area contributed by atoms with Gasteiger partial charge in [0.05, 0.1) is 4.90 Å². The molecule has 0 unspecified atom stereocenters. The molecular formula is C24H23FN4O3S2. The highest BCUT2D eigenvalue weighted by Crippen LogP contribution is 2.27. The van der Waals surface area contributed by atoms with Gasteiger partial charge >= 0.3 is 0 Å². The number of rotatable bonds is 9. The molecule has 0 aliphatic carbocycles. The second-order valence-corrected chi connectivity index (χ2v) is 10.6. The molecule has 0 aliphatic heterocycles. The molecule has 0 saturated heterocycles. The lowest BCUT2D eigenvalue weighted by Gasteiger charge is -2.13. The summed E-state index contributed by atoms with van der Waals surface area (Å²) in [4.78, 5) is 0.235. The van der Waals surface area contributed by atoms with Crippen molar-refractivity contribution in [3.8, 4) is 11.4 Å². The summed E-state index contributed by atoms with van der Waals surface area (Å²) in [7, 11) is -0.515. The number of halogens is 1. The summed E-state index contributed by atoms with van der Waals surface area (Å²) < 4.78 is 47.6. The molecule has 34 heavy (non-hydrogen) atoms. The summed E-state index contributed by atoms with van der Waals surface area (Å²) in [5.41, 5.74) is 1.67. The number of sulfonamides is 1. The summed E-state index contributed by atoms with van der Waals surface area (Å²) in [6, 6.07) is 22.6. The average Bonchev–Trinajstić information content (AvgIpc) is 3.25. The van der Waals surface area contributed by atoms with Gasteiger partial charge in [-0.15, -0.1) is 10.2 Å². The molecule has 0 bridgehead atoms. The van der Waals surface area contributed by atoms with E-state index in [0.717, 1.165) is 11.3 Å². The van der Waals surface area contributed by atoms with Crippen molar-refractivity contribution in [1.29, 1.82) is 0 Å². The Morgan fingerprint density at radius 2 is 1.71 bits per heavy atom. The van der Waals surface area contributed by atoms with E-state index < -0.39 is 15.8 Å². The second kappa shape index (κ2) is 10.4. The first-order valence-electron chi connectivity index (χ1n) is 10.4. The molecule has 4 rings (SSSR count). The third-order valence-corrected chi connectivity index (χ3v) is 7.76. The van der Waals surface area contributed by atoms with Crippen LogP contribution in [-0.2, 0) is 22.4 Å². The summed E-state index contributed by atoms with van der Waals surface area (Å²) >= 11 is 1.42. The summed E-state index contributed by atoms with van der Waals surface area (Å²) in [6.45, 7) is 0.0277. The van der Waals surface area contributed by atoms with Crippen molar-refractivity contribution in [2.75, 3.05) is 14.1 Å². The molecule has 0 atom stereocenters. The van der Waals surface area contributed by atoms with Gasteiger partial charge in [-0.05, 0) is 42.0 Å². The topological polar surface area (TPSA) is 77.3 Å². The van der Waals surface area contributed by atoms with E-state index in [9.17, 15) is 12.8 Å². The van der Waals surface area contributed by atoms with Crippen molar-refractivity contribution in [3.05, 3.63) is 96.1 Å². The van der Waals surface area contributed by atoms with Crippen LogP contribution in [0.15, 0.2) is 88.9 Å². The molecular weight excluding hydrogens is 475 g/mol. The van der Waals surface area contributed by atoms with Crippen LogP contribution in [0.3, 0.4) is 0 Å². The Morgan fingerprint density at radius 3 is 2.44 bits per heavy atom. The monoisotopic (exact) mass is 498 g/mol. The first-order valence-corrected chi connectivity index (χ1v) is 12.8. The smallest absolute Gasteiger partial charge is 0.242 e. The fourth-order valence-electron chi connectivity index (χ4n) is 3.18. The Labute approximate surface area is 202 Å². The highest BCUT2D eigenvalue weighted by atomic mass is 32.2. The zero-order valence-electron chi connectivity index (χ0n) is 18.6. The average molecular weight is 499 g/mol. The minimum atomic E-state index is -3.52. The second-order valence-electron chi connectivity index (χ2n) is 7.51. The number of hydrogen-bond donors (Lipinski definition) is 0. The standard InChI is InChI=1S/C24H23FN4O3S2/c1-28(2)34(30,31)20-12-8-9-18(15-20)17-33-24-27-26-23(29(24)19-10-4-3-5-11-19)16-32-22-14-7-6-13-21(22)25/h3-15H,16-17H2,1-2H3. The van der Waals surface area contributed by atoms with E-state index in [-0.39, 0.29) is 17.3 Å². The molecule has 0 fully saturated rings. The maximum atomic E-state index is 14.0. The zero-order valence-corrected chi connectivity index (χ0v) is 20.3. The SMILES string of the molecule is CN(C)S(=O)(=O)c1cccc(CSc2nnc(COc3ccccc3F)n2-c2ccccc2)c1. The molecule has 3 aromatic carbocycles. The van der Waals surface area contributed by atoms with Gasteiger partial charge in [-0.3, -0.25) is 4.57 Å². The van der Waals surface area contributed by atoms with Crippen molar-refractivity contribution < 1.29 is 17.5 Å². The van der Waals surface area contributed by atoms with Gasteiger partial charge in [-0.1, -0.05) is 54.2 Å². The molecule has 176 valence electrons. The molecule has 10 heteroatoms. The summed E-state index contributed by atoms with van der Waals surface area (Å²) in [5, 5.41) is 9.20. The van der Waals surface area contributed by atoms with Gasteiger partial charge < -0.3 is 4.74 Å². The molecule has 0 spiro atoms. The van der Waals surface area contributed by atoms with Gasteiger partial charge in [0.1, 0.15) is 6.61 Å². The van der Waals surface area contributed by atoms with Crippen LogP contribution >= 0.6 is 11.8 Å². The maximum Gasteiger partial charge on any atom is 0.242 e. The summed E-state index contributed by atoms with van der Waals surface area (Å²) in [6.07, 6.45) is 0. The first kappa shape index (κ1) is 23.9. The highest BCUT2D eigenvalue weighted by molar-refractivity contribution is 7.98. The molecule has 7 nitrogen and oxygen atoms in total. The Morgan fingerprint density at radius 1 is 0.971 bits per heavy atom. The van der Waals surface area contributed by atoms with Crippen LogP contribution in [0, 0.1) is 5.82 Å². The number of aromatic nitrogens is 3. The van der Waals surface area contributed by atoms with Crippen molar-refractivity contribution >= 4 is 21.8 Å². The van der Waals surface area contributed by atoms with Crippen molar-refractivity contribution in [2.45, 2.75) is 22.4 Å². The van der Waals surface area contributed by atoms with Gasteiger partial charge in [0.25, 0.3) is 0 Å². The fraction of sp³-hybridized carbons (Fsp3) is 0.167. The largest absolute Gasteiger partial charge is 0.483 e. The van der Waals surface area contributed by atoms with E-state index in [1.165, 1.54) is 36.2 Å². The minimum absolute atomic E-state index is 0.0277. The first-order chi connectivity index (χ1) is 16.4. The lowest BCUT2D eigenvalue weighted by Crippen LogP contribution is -2.22. The van der Waals surface area contributed by atoms with Crippen molar-refractivity contribution in [3.63, 3.8) is 0 Å². The highest BCUT2D eigenvalue weighted by Gasteiger charge is 2.19. The molecule has 0 aliphatic rings. The van der Waals surface area contributed by atoms with Gasteiger partial charge in [0.2, 0.25) is 10.0 Å². The summed E-state index contributed by atoms with van der Waals surface area (Å²) in [5.74, 6) is 0.685. The Kier molecular flexibility index (Phi) is 7.30. The number of hydrogen-bond acceptors (Lipinski definition) is 6. The van der Waals surface area contributed by atoms with Gasteiger partial charge in [0, 0.05) is 25.5 Å². The van der Waals surface area contributed by atoms with E-state index in [0.29, 0.717) is 16.7 Å².